The third-order valence-electron chi connectivity index (χ3n) is 2.32. The van der Waals surface area contributed by atoms with Crippen LogP contribution in [-0.2, 0) is 0 Å². The highest BCUT2D eigenvalue weighted by molar-refractivity contribution is 8.02. The van der Waals surface area contributed by atoms with E-state index in [1.807, 2.05) is 31.4 Å². The summed E-state index contributed by atoms with van der Waals surface area (Å²) in [4.78, 5) is 1.09. The second-order valence-corrected chi connectivity index (χ2v) is 4.21. The molecule has 0 atom stereocenters. The highest BCUT2D eigenvalue weighted by Crippen LogP contribution is 2.27. The second-order valence-electron chi connectivity index (χ2n) is 3.19. The minimum absolute atomic E-state index is 0.708. The Bertz CT molecular complexity index is 408. The SMILES string of the molecule is C=Cc1c(N)cccc1/C(N)=C(/C)SC. The Balaban J connectivity index is 3.38. The monoisotopic (exact) mass is 220 g/mol. The molecule has 3 heteroatoms. The molecule has 80 valence electrons. The average Bonchev–Trinajstić information content (AvgIpc) is 2.26. The highest BCUT2D eigenvalue weighted by Gasteiger charge is 2.07. The first kappa shape index (κ1) is 11.7. The largest absolute Gasteiger partial charge is 0.398 e. The van der Waals surface area contributed by atoms with Crippen LogP contribution in [0.2, 0.25) is 0 Å². The van der Waals surface area contributed by atoms with Crippen molar-refractivity contribution in [2.75, 3.05) is 12.0 Å². The Morgan fingerprint density at radius 1 is 1.47 bits per heavy atom. The lowest BCUT2D eigenvalue weighted by Crippen LogP contribution is -2.03. The molecule has 0 fully saturated rings. The number of hydrogen-bond acceptors (Lipinski definition) is 3. The fraction of sp³-hybridized carbons (Fsp3) is 0.167. The summed E-state index contributed by atoms with van der Waals surface area (Å²) in [5.74, 6) is 0. The predicted octanol–water partition coefficient (Wildman–Crippen LogP) is 2.92. The van der Waals surface area contributed by atoms with E-state index in [0.29, 0.717) is 5.69 Å². The van der Waals surface area contributed by atoms with E-state index in [4.69, 9.17) is 11.5 Å². The summed E-state index contributed by atoms with van der Waals surface area (Å²) in [7, 11) is 0. The summed E-state index contributed by atoms with van der Waals surface area (Å²) in [5.41, 5.74) is 15.2. The van der Waals surface area contributed by atoms with Gasteiger partial charge in [0.25, 0.3) is 0 Å². The molecule has 15 heavy (non-hydrogen) atoms. The van der Waals surface area contributed by atoms with Gasteiger partial charge in [0.05, 0.1) is 0 Å². The Labute approximate surface area is 95.0 Å². The van der Waals surface area contributed by atoms with E-state index in [0.717, 1.165) is 21.7 Å². The van der Waals surface area contributed by atoms with Crippen molar-refractivity contribution in [2.45, 2.75) is 6.92 Å². The zero-order valence-electron chi connectivity index (χ0n) is 9.08. The Morgan fingerprint density at radius 3 is 2.67 bits per heavy atom. The number of anilines is 1. The van der Waals surface area contributed by atoms with Gasteiger partial charge in [-0.3, -0.25) is 0 Å². The zero-order valence-corrected chi connectivity index (χ0v) is 9.90. The molecule has 0 bridgehead atoms. The molecule has 1 aromatic carbocycles. The first-order valence-corrected chi connectivity index (χ1v) is 5.86. The normalized spacial score (nSPS) is 12.1. The van der Waals surface area contributed by atoms with Crippen LogP contribution in [0.3, 0.4) is 0 Å². The van der Waals surface area contributed by atoms with E-state index in [2.05, 4.69) is 6.58 Å². The molecule has 0 spiro atoms. The highest BCUT2D eigenvalue weighted by atomic mass is 32.2. The number of rotatable bonds is 3. The molecule has 2 nitrogen and oxygen atoms in total. The number of benzene rings is 1. The van der Waals surface area contributed by atoms with E-state index < -0.39 is 0 Å². The topological polar surface area (TPSA) is 52.0 Å². The third kappa shape index (κ3) is 2.36. The molecule has 0 saturated heterocycles. The molecule has 0 saturated carbocycles. The number of hydrogen-bond donors (Lipinski definition) is 2. The van der Waals surface area contributed by atoms with E-state index >= 15 is 0 Å². The van der Waals surface area contributed by atoms with Gasteiger partial charge in [0, 0.05) is 27.4 Å². The van der Waals surface area contributed by atoms with Crippen LogP contribution < -0.4 is 11.5 Å². The van der Waals surface area contributed by atoms with Gasteiger partial charge in [0.2, 0.25) is 0 Å². The van der Waals surface area contributed by atoms with Gasteiger partial charge < -0.3 is 11.5 Å². The maximum Gasteiger partial charge on any atom is 0.0488 e. The number of nitrogens with two attached hydrogens (primary N) is 2. The molecule has 0 amide bonds. The van der Waals surface area contributed by atoms with E-state index in [9.17, 15) is 0 Å². The molecule has 0 aromatic heterocycles. The molecule has 0 heterocycles. The van der Waals surface area contributed by atoms with Crippen molar-refractivity contribution in [1.29, 1.82) is 0 Å². The van der Waals surface area contributed by atoms with Crippen LogP contribution in [0.15, 0.2) is 29.7 Å². The minimum atomic E-state index is 0.708. The van der Waals surface area contributed by atoms with Crippen LogP contribution in [0.1, 0.15) is 18.1 Å². The molecular weight excluding hydrogens is 204 g/mol. The molecule has 0 unspecified atom stereocenters. The van der Waals surface area contributed by atoms with Crippen molar-refractivity contribution in [1.82, 2.24) is 0 Å². The van der Waals surface area contributed by atoms with Gasteiger partial charge >= 0.3 is 0 Å². The van der Waals surface area contributed by atoms with Gasteiger partial charge in [-0.25, -0.2) is 0 Å². The van der Waals surface area contributed by atoms with Crippen molar-refractivity contribution in [3.8, 4) is 0 Å². The standard InChI is InChI=1S/C12H16N2S/c1-4-9-10(6-5-7-11(9)13)12(14)8(2)15-3/h4-7H,1,13-14H2,2-3H3/b12-8+. The van der Waals surface area contributed by atoms with Gasteiger partial charge in [-0.2, -0.15) is 0 Å². The summed E-state index contributed by atoms with van der Waals surface area (Å²) < 4.78 is 0. The van der Waals surface area contributed by atoms with Crippen LogP contribution in [0, 0.1) is 0 Å². The zero-order chi connectivity index (χ0) is 11.4. The molecule has 0 aliphatic carbocycles. The van der Waals surface area contributed by atoms with E-state index in [1.165, 1.54) is 0 Å². The fourth-order valence-corrected chi connectivity index (χ4v) is 1.68. The van der Waals surface area contributed by atoms with Gasteiger partial charge in [-0.15, -0.1) is 11.8 Å². The lowest BCUT2D eigenvalue weighted by molar-refractivity contribution is 1.46. The third-order valence-corrected chi connectivity index (χ3v) is 3.15. The smallest absolute Gasteiger partial charge is 0.0488 e. The summed E-state index contributed by atoms with van der Waals surface area (Å²) in [5, 5.41) is 0. The summed E-state index contributed by atoms with van der Waals surface area (Å²) in [6.45, 7) is 5.75. The van der Waals surface area contributed by atoms with E-state index in [-0.39, 0.29) is 0 Å². The molecule has 4 N–H and O–H groups in total. The van der Waals surface area contributed by atoms with E-state index in [1.54, 1.807) is 17.8 Å². The first-order valence-electron chi connectivity index (χ1n) is 4.63. The van der Waals surface area contributed by atoms with Gasteiger partial charge in [0.15, 0.2) is 0 Å². The molecule has 1 aromatic rings. The van der Waals surface area contributed by atoms with Crippen LogP contribution in [0.4, 0.5) is 5.69 Å². The maximum absolute atomic E-state index is 6.05. The Kier molecular flexibility index (Phi) is 3.86. The van der Waals surface area contributed by atoms with Crippen LogP contribution in [0.5, 0.6) is 0 Å². The van der Waals surface area contributed by atoms with Gasteiger partial charge in [-0.05, 0) is 19.2 Å². The van der Waals surface area contributed by atoms with Crippen molar-refractivity contribution >= 4 is 29.2 Å². The predicted molar refractivity (Wildman–Crippen MR) is 71.2 cm³/mol. The van der Waals surface area contributed by atoms with Gasteiger partial charge in [-0.1, -0.05) is 24.8 Å². The molecular formula is C12H16N2S. The average molecular weight is 220 g/mol. The maximum atomic E-state index is 6.05. The fourth-order valence-electron chi connectivity index (χ4n) is 1.35. The number of thioether (sulfide) groups is 1. The lowest BCUT2D eigenvalue weighted by atomic mass is 10.0. The Hall–Kier alpha value is -1.35. The first-order chi connectivity index (χ1) is 7.11. The Morgan fingerprint density at radius 2 is 2.13 bits per heavy atom. The van der Waals surface area contributed by atoms with Crippen molar-refractivity contribution in [3.05, 3.63) is 40.8 Å². The van der Waals surface area contributed by atoms with Gasteiger partial charge in [0.1, 0.15) is 0 Å². The second kappa shape index (κ2) is 4.94. The van der Waals surface area contributed by atoms with Crippen LogP contribution >= 0.6 is 11.8 Å². The number of nitrogen functional groups attached to an aromatic ring is 1. The van der Waals surface area contributed by atoms with Crippen molar-refractivity contribution < 1.29 is 0 Å². The summed E-state index contributed by atoms with van der Waals surface area (Å²) >= 11 is 1.63. The molecule has 0 aliphatic rings. The lowest BCUT2D eigenvalue weighted by Gasteiger charge is -2.11. The summed E-state index contributed by atoms with van der Waals surface area (Å²) in [6.07, 6.45) is 3.74. The summed E-state index contributed by atoms with van der Waals surface area (Å²) in [6, 6.07) is 5.71. The van der Waals surface area contributed by atoms with Crippen LogP contribution in [0.25, 0.3) is 11.8 Å². The minimum Gasteiger partial charge on any atom is -0.398 e. The van der Waals surface area contributed by atoms with Crippen LogP contribution in [-0.4, -0.2) is 6.26 Å². The quantitative estimate of drug-likeness (QED) is 0.770. The molecule has 0 radical (unpaired) electrons. The van der Waals surface area contributed by atoms with Crippen molar-refractivity contribution in [2.24, 2.45) is 5.73 Å². The van der Waals surface area contributed by atoms with Crippen molar-refractivity contribution in [3.63, 3.8) is 0 Å². The molecule has 0 aliphatic heterocycles. The number of allylic oxidation sites excluding steroid dienone is 1. The molecule has 1 rings (SSSR count).